The van der Waals surface area contributed by atoms with E-state index in [1.807, 2.05) is 78.9 Å². The molecule has 1 fully saturated rings. The first-order valence-corrected chi connectivity index (χ1v) is 13.9. The number of rotatable bonds is 13. The maximum absolute atomic E-state index is 13.3. The van der Waals surface area contributed by atoms with Crippen molar-refractivity contribution < 1.29 is 24.1 Å². The first-order valence-electron chi connectivity index (χ1n) is 13.9. The second kappa shape index (κ2) is 13.8. The molecule has 1 aliphatic heterocycles. The molecular formula is C32H41N3O5. The van der Waals surface area contributed by atoms with Crippen LogP contribution in [0.1, 0.15) is 42.4 Å². The van der Waals surface area contributed by atoms with Crippen LogP contribution in [0.4, 0.5) is 0 Å². The molecule has 3 atom stereocenters. The number of β-amino-alcohol motifs (C(OH)–C–C–N with tert-alkyl or cyclic N) is 1. The zero-order valence-electron chi connectivity index (χ0n) is 23.4. The smallest absolute Gasteiger partial charge is 0.239 e. The number of nitrogens with two attached hydrogens (primary N) is 2. The van der Waals surface area contributed by atoms with Crippen LogP contribution in [-0.2, 0) is 15.1 Å². The van der Waals surface area contributed by atoms with Crippen LogP contribution in [0.15, 0.2) is 78.9 Å². The van der Waals surface area contributed by atoms with Gasteiger partial charge in [-0.25, -0.2) is 0 Å². The second-order valence-corrected chi connectivity index (χ2v) is 10.2. The Morgan fingerprint density at radius 3 is 2.00 bits per heavy atom. The predicted octanol–water partition coefficient (Wildman–Crippen LogP) is 3.43. The van der Waals surface area contributed by atoms with Gasteiger partial charge in [0.2, 0.25) is 5.91 Å². The molecule has 1 saturated heterocycles. The summed E-state index contributed by atoms with van der Waals surface area (Å²) in [6, 6.07) is 24.7. The number of benzene rings is 3. The van der Waals surface area contributed by atoms with Crippen LogP contribution in [0, 0.1) is 0 Å². The number of methoxy groups -OCH3 is 2. The van der Waals surface area contributed by atoms with Crippen LogP contribution < -0.4 is 20.9 Å². The molecule has 1 aliphatic rings. The third-order valence-electron chi connectivity index (χ3n) is 7.63. The Kier molecular flexibility index (Phi) is 10.2. The van der Waals surface area contributed by atoms with Crippen LogP contribution in [0.2, 0.25) is 0 Å². The first kappa shape index (κ1) is 29.6. The minimum Gasteiger partial charge on any atom is -0.497 e. The summed E-state index contributed by atoms with van der Waals surface area (Å²) in [5.74, 6) is 1.31. The molecule has 0 aliphatic carbocycles. The zero-order valence-corrected chi connectivity index (χ0v) is 23.4. The molecule has 214 valence electrons. The molecule has 0 unspecified atom stereocenters. The van der Waals surface area contributed by atoms with Crippen molar-refractivity contribution in [2.75, 3.05) is 33.9 Å². The van der Waals surface area contributed by atoms with E-state index in [4.69, 9.17) is 25.7 Å². The SMILES string of the molecule is COc1ccc(C(OC[C@@H]2C[C@@H](O)CN2C(=O)[C@@H](N)CCCCN)(c2ccccc2)c2ccc(OC)cc2)cc1. The Hall–Kier alpha value is -3.43. The highest BCUT2D eigenvalue weighted by molar-refractivity contribution is 5.82. The number of hydrogen-bond acceptors (Lipinski definition) is 7. The Morgan fingerprint density at radius 2 is 1.48 bits per heavy atom. The van der Waals surface area contributed by atoms with Crippen molar-refractivity contribution in [3.63, 3.8) is 0 Å². The highest BCUT2D eigenvalue weighted by atomic mass is 16.5. The molecule has 0 radical (unpaired) electrons. The number of carbonyl (C=O) groups is 1. The van der Waals surface area contributed by atoms with Crippen LogP contribution >= 0.6 is 0 Å². The summed E-state index contributed by atoms with van der Waals surface area (Å²) in [6.07, 6.45) is 1.94. The lowest BCUT2D eigenvalue weighted by Gasteiger charge is -2.38. The topological polar surface area (TPSA) is 120 Å². The minimum atomic E-state index is -1.01. The van der Waals surface area contributed by atoms with E-state index >= 15 is 0 Å². The van der Waals surface area contributed by atoms with E-state index in [0.29, 0.717) is 19.4 Å². The molecular weight excluding hydrogens is 506 g/mol. The van der Waals surface area contributed by atoms with Crippen LogP contribution in [0.3, 0.4) is 0 Å². The molecule has 0 saturated carbocycles. The average Bonchev–Trinajstić information content (AvgIpc) is 3.38. The molecule has 0 bridgehead atoms. The number of ether oxygens (including phenoxy) is 3. The van der Waals surface area contributed by atoms with Gasteiger partial charge in [0.15, 0.2) is 0 Å². The lowest BCUT2D eigenvalue weighted by atomic mass is 9.80. The van der Waals surface area contributed by atoms with Gasteiger partial charge in [-0.1, -0.05) is 61.0 Å². The van der Waals surface area contributed by atoms with Crippen molar-refractivity contribution in [1.82, 2.24) is 4.90 Å². The fourth-order valence-corrected chi connectivity index (χ4v) is 5.46. The van der Waals surface area contributed by atoms with Crippen molar-refractivity contribution >= 4 is 5.91 Å². The fourth-order valence-electron chi connectivity index (χ4n) is 5.46. The normalized spacial score (nSPS) is 18.0. The number of aliphatic hydroxyl groups is 1. The van der Waals surface area contributed by atoms with Crippen molar-refractivity contribution in [2.24, 2.45) is 11.5 Å². The number of likely N-dealkylation sites (tertiary alicyclic amines) is 1. The summed E-state index contributed by atoms with van der Waals surface area (Å²) in [5, 5.41) is 10.6. The zero-order chi connectivity index (χ0) is 28.5. The summed E-state index contributed by atoms with van der Waals surface area (Å²) in [6.45, 7) is 1.00. The summed E-state index contributed by atoms with van der Waals surface area (Å²) in [5.41, 5.74) is 13.6. The first-order chi connectivity index (χ1) is 19.4. The molecule has 40 heavy (non-hydrogen) atoms. The van der Waals surface area contributed by atoms with Gasteiger partial charge in [-0.3, -0.25) is 4.79 Å². The van der Waals surface area contributed by atoms with E-state index in [-0.39, 0.29) is 25.1 Å². The van der Waals surface area contributed by atoms with Crippen molar-refractivity contribution in [1.29, 1.82) is 0 Å². The van der Waals surface area contributed by atoms with Gasteiger partial charge >= 0.3 is 0 Å². The average molecular weight is 548 g/mol. The molecule has 0 spiro atoms. The number of nitrogens with zero attached hydrogens (tertiary/aromatic N) is 1. The summed E-state index contributed by atoms with van der Waals surface area (Å²) < 4.78 is 17.8. The van der Waals surface area contributed by atoms with Gasteiger partial charge in [-0.05, 0) is 66.8 Å². The van der Waals surface area contributed by atoms with E-state index in [0.717, 1.165) is 41.0 Å². The predicted molar refractivity (Wildman–Crippen MR) is 155 cm³/mol. The largest absolute Gasteiger partial charge is 0.497 e. The number of amides is 1. The van der Waals surface area contributed by atoms with Crippen molar-refractivity contribution in [3.8, 4) is 11.5 Å². The van der Waals surface area contributed by atoms with Gasteiger partial charge in [0, 0.05) is 6.54 Å². The molecule has 8 heteroatoms. The third kappa shape index (κ3) is 6.47. The summed E-state index contributed by atoms with van der Waals surface area (Å²) >= 11 is 0. The van der Waals surface area contributed by atoms with Crippen LogP contribution in [0.25, 0.3) is 0 Å². The van der Waals surface area contributed by atoms with E-state index < -0.39 is 17.7 Å². The van der Waals surface area contributed by atoms with E-state index in [9.17, 15) is 9.90 Å². The van der Waals surface area contributed by atoms with Gasteiger partial charge in [0.1, 0.15) is 17.1 Å². The molecule has 4 rings (SSSR count). The third-order valence-corrected chi connectivity index (χ3v) is 7.63. The monoisotopic (exact) mass is 547 g/mol. The van der Waals surface area contributed by atoms with Gasteiger partial charge < -0.3 is 35.7 Å². The Labute approximate surface area is 236 Å². The summed E-state index contributed by atoms with van der Waals surface area (Å²) in [4.78, 5) is 15.0. The van der Waals surface area contributed by atoms with E-state index in [1.54, 1.807) is 19.1 Å². The molecule has 3 aromatic carbocycles. The van der Waals surface area contributed by atoms with E-state index in [1.165, 1.54) is 0 Å². The fraction of sp³-hybridized carbons (Fsp3) is 0.406. The highest BCUT2D eigenvalue weighted by Gasteiger charge is 2.42. The number of carbonyl (C=O) groups excluding carboxylic acids is 1. The quantitative estimate of drug-likeness (QED) is 0.222. The lowest BCUT2D eigenvalue weighted by Crippen LogP contribution is -2.48. The van der Waals surface area contributed by atoms with Gasteiger partial charge in [0.05, 0.1) is 39.0 Å². The van der Waals surface area contributed by atoms with Crippen LogP contribution in [0.5, 0.6) is 11.5 Å². The van der Waals surface area contributed by atoms with Crippen LogP contribution in [-0.4, -0.2) is 68.0 Å². The number of aliphatic hydroxyl groups excluding tert-OH is 1. The maximum atomic E-state index is 13.3. The number of hydrogen-bond donors (Lipinski definition) is 3. The molecule has 0 aromatic heterocycles. The molecule has 1 heterocycles. The van der Waals surface area contributed by atoms with Crippen molar-refractivity contribution in [2.45, 2.75) is 49.5 Å². The second-order valence-electron chi connectivity index (χ2n) is 10.2. The molecule has 8 nitrogen and oxygen atoms in total. The molecule has 1 amide bonds. The Morgan fingerprint density at radius 1 is 0.925 bits per heavy atom. The standard InChI is InChI=1S/C32H41N3O5/c1-38-28-15-11-24(12-16-28)32(23-8-4-3-5-9-23,25-13-17-29(39-2)18-14-25)40-22-26-20-27(36)21-35(26)31(37)30(34)10-6-7-19-33/h3-5,8-9,11-18,26-27,30,36H,6-7,10,19-22,33-34H2,1-2H3/t26-,27+,30-/m0/s1. The summed E-state index contributed by atoms with van der Waals surface area (Å²) in [7, 11) is 3.27. The minimum absolute atomic E-state index is 0.165. The number of unbranched alkanes of at least 4 members (excludes halogenated alkanes) is 1. The lowest BCUT2D eigenvalue weighted by molar-refractivity contribution is -0.136. The Balaban J connectivity index is 1.72. The van der Waals surface area contributed by atoms with Gasteiger partial charge in [0.25, 0.3) is 0 Å². The molecule has 5 N–H and O–H groups in total. The van der Waals surface area contributed by atoms with Gasteiger partial charge in [-0.15, -0.1) is 0 Å². The molecule has 3 aromatic rings. The van der Waals surface area contributed by atoms with Crippen molar-refractivity contribution in [3.05, 3.63) is 95.6 Å². The highest BCUT2D eigenvalue weighted by Crippen LogP contribution is 2.42. The maximum Gasteiger partial charge on any atom is 0.239 e. The Bertz CT molecular complexity index is 1160. The van der Waals surface area contributed by atoms with E-state index in [2.05, 4.69) is 0 Å². The van der Waals surface area contributed by atoms with Gasteiger partial charge in [-0.2, -0.15) is 0 Å².